The smallest absolute Gasteiger partial charge is 0.269 e. The number of aromatic nitrogens is 3. The summed E-state index contributed by atoms with van der Waals surface area (Å²) in [5.74, 6) is -1.12. The molecule has 2 amide bonds. The first-order chi connectivity index (χ1) is 24.4. The summed E-state index contributed by atoms with van der Waals surface area (Å²) in [5, 5.41) is 30.8. The lowest BCUT2D eigenvalue weighted by Gasteiger charge is -2.32. The quantitative estimate of drug-likeness (QED) is 0.126. The second-order valence-corrected chi connectivity index (χ2v) is 18.3. The highest BCUT2D eigenvalue weighted by molar-refractivity contribution is 6.71. The fraction of sp³-hybridized carbons (Fsp3) is 0.405. The summed E-state index contributed by atoms with van der Waals surface area (Å²) in [7, 11) is -3.00. The molecule has 1 aromatic heterocycles. The van der Waals surface area contributed by atoms with E-state index in [2.05, 4.69) is 10.3 Å². The number of hydrogen-bond donors (Lipinski definition) is 2. The summed E-state index contributed by atoms with van der Waals surface area (Å²) < 4.78 is 8.58. The van der Waals surface area contributed by atoms with Crippen LogP contribution in [0.1, 0.15) is 54.5 Å². The topological polar surface area (TPSA) is 164 Å². The number of amides is 2. The average Bonchev–Trinajstić information content (AvgIpc) is 3.87. The maximum atomic E-state index is 14.9. The van der Waals surface area contributed by atoms with E-state index >= 15 is 0 Å². The van der Waals surface area contributed by atoms with Crippen molar-refractivity contribution < 1.29 is 29.2 Å². The molecule has 0 saturated carbocycles. The molecular formula is C37H42N6O7Si. The van der Waals surface area contributed by atoms with Gasteiger partial charge in [-0.15, -0.1) is 5.10 Å². The van der Waals surface area contributed by atoms with Gasteiger partial charge in [-0.05, 0) is 55.3 Å². The number of ether oxygens (including phenoxy) is 1. The first kappa shape index (κ1) is 34.7. The molecule has 0 aliphatic carbocycles. The maximum absolute atomic E-state index is 14.9. The molecule has 3 aromatic carbocycles. The Bertz CT molecular complexity index is 1970. The highest BCUT2D eigenvalue weighted by atomic mass is 28.4. The van der Waals surface area contributed by atoms with E-state index in [9.17, 15) is 29.6 Å². The number of nitro benzene ring substituents is 1. The Morgan fingerprint density at radius 3 is 2.57 bits per heavy atom. The predicted molar refractivity (Wildman–Crippen MR) is 191 cm³/mol. The SMILES string of the molecule is C[C@H]1[C@H]([Si](C)(C)O)[C@@H](CCn2cc(C(CO)c3ccccc3)nn2)O[C@]12C(=O)N(Cc1cccc(N3CCCC3=O)c1)c1ccc([N+](=O)[O-])cc12. The van der Waals surface area contributed by atoms with Gasteiger partial charge < -0.3 is 24.4 Å². The van der Waals surface area contributed by atoms with Gasteiger partial charge in [0.05, 0.1) is 41.5 Å². The zero-order valence-corrected chi connectivity index (χ0v) is 29.9. The van der Waals surface area contributed by atoms with Gasteiger partial charge in [0.25, 0.3) is 11.6 Å². The van der Waals surface area contributed by atoms with Gasteiger partial charge in [0.15, 0.2) is 13.9 Å². The standard InChI is InChI=1S/C37H42N6O7Si/c1-24-35(51(2,3)49)33(16-18-40-22-31(38-39-40)29(23-44)26-10-5-4-6-11-26)50-37(24)30-20-28(43(47)48)14-15-32(30)42(36(37)46)21-25-9-7-12-27(19-25)41-17-8-13-34(41)45/h4-7,9-12,14-15,19-20,22,24,29,33,35,44,49H,8,13,16-18,21,23H2,1-3H3/t24-,29?,33+,35-,37+/m0/s1. The fourth-order valence-electron chi connectivity index (χ4n) is 8.43. The summed E-state index contributed by atoms with van der Waals surface area (Å²) >= 11 is 0. The van der Waals surface area contributed by atoms with E-state index in [0.717, 1.165) is 23.2 Å². The van der Waals surface area contributed by atoms with Crippen molar-refractivity contribution in [2.45, 2.75) is 75.5 Å². The fourth-order valence-corrected chi connectivity index (χ4v) is 11.0. The number of fused-ring (bicyclic) bond motifs is 2. The number of aliphatic hydroxyl groups excluding tert-OH is 1. The molecule has 14 heteroatoms. The van der Waals surface area contributed by atoms with E-state index in [4.69, 9.17) is 4.74 Å². The zero-order valence-electron chi connectivity index (χ0n) is 28.9. The Kier molecular flexibility index (Phi) is 9.12. The molecule has 0 bridgehead atoms. The number of nitrogens with zero attached hydrogens (tertiary/aromatic N) is 6. The molecule has 1 unspecified atom stereocenters. The molecule has 2 fully saturated rings. The molecule has 5 atom stereocenters. The van der Waals surface area contributed by atoms with E-state index in [1.54, 1.807) is 26.7 Å². The molecule has 2 saturated heterocycles. The molecule has 4 aromatic rings. The number of nitro groups is 1. The number of hydrogen-bond acceptors (Lipinski definition) is 9. The molecule has 2 N–H and O–H groups in total. The zero-order chi connectivity index (χ0) is 36.1. The molecular weight excluding hydrogens is 669 g/mol. The van der Waals surface area contributed by atoms with Crippen molar-refractivity contribution in [3.05, 3.63) is 111 Å². The van der Waals surface area contributed by atoms with Crippen LogP contribution in [0.2, 0.25) is 18.6 Å². The summed E-state index contributed by atoms with van der Waals surface area (Å²) in [5.41, 5.74) is 1.95. The molecule has 3 aliphatic heterocycles. The van der Waals surface area contributed by atoms with Gasteiger partial charge in [0, 0.05) is 60.5 Å². The highest BCUT2D eigenvalue weighted by Gasteiger charge is 2.66. The first-order valence-electron chi connectivity index (χ1n) is 17.4. The van der Waals surface area contributed by atoms with Gasteiger partial charge in [0.2, 0.25) is 5.91 Å². The lowest BCUT2D eigenvalue weighted by molar-refractivity contribution is -0.385. The van der Waals surface area contributed by atoms with Crippen molar-refractivity contribution in [1.29, 1.82) is 0 Å². The Morgan fingerprint density at radius 1 is 1.10 bits per heavy atom. The lowest BCUT2D eigenvalue weighted by atomic mass is 9.82. The van der Waals surface area contributed by atoms with E-state index in [1.165, 1.54) is 12.1 Å². The first-order valence-corrected chi connectivity index (χ1v) is 20.4. The summed E-state index contributed by atoms with van der Waals surface area (Å²) in [6, 6.07) is 21.6. The number of aliphatic hydroxyl groups is 1. The van der Waals surface area contributed by atoms with Crippen LogP contribution in [-0.2, 0) is 33.0 Å². The van der Waals surface area contributed by atoms with Crippen molar-refractivity contribution in [3.8, 4) is 0 Å². The molecule has 13 nitrogen and oxygen atoms in total. The van der Waals surface area contributed by atoms with Gasteiger partial charge in [-0.3, -0.25) is 24.4 Å². The van der Waals surface area contributed by atoms with Crippen LogP contribution in [0.25, 0.3) is 0 Å². The minimum atomic E-state index is -3.00. The second kappa shape index (κ2) is 13.4. The Hall–Kier alpha value is -4.76. The minimum Gasteiger partial charge on any atom is -0.432 e. The third-order valence-electron chi connectivity index (χ3n) is 10.8. The number of anilines is 2. The van der Waals surface area contributed by atoms with Gasteiger partial charge in [-0.1, -0.05) is 54.6 Å². The Morgan fingerprint density at radius 2 is 1.88 bits per heavy atom. The second-order valence-electron chi connectivity index (χ2n) is 14.4. The third kappa shape index (κ3) is 6.15. The molecule has 51 heavy (non-hydrogen) atoms. The van der Waals surface area contributed by atoms with Crippen LogP contribution < -0.4 is 9.80 Å². The van der Waals surface area contributed by atoms with Crippen LogP contribution in [0.5, 0.6) is 0 Å². The van der Waals surface area contributed by atoms with Crippen LogP contribution in [0.3, 0.4) is 0 Å². The van der Waals surface area contributed by atoms with E-state index in [1.807, 2.05) is 74.6 Å². The van der Waals surface area contributed by atoms with Gasteiger partial charge >= 0.3 is 0 Å². The number of carbonyl (C=O) groups excluding carboxylic acids is 2. The average molecular weight is 711 g/mol. The molecule has 3 aliphatic rings. The van der Waals surface area contributed by atoms with Crippen LogP contribution in [-0.4, -0.2) is 69.2 Å². The van der Waals surface area contributed by atoms with Crippen molar-refractivity contribution >= 4 is 37.2 Å². The highest BCUT2D eigenvalue weighted by Crippen LogP contribution is 2.60. The van der Waals surface area contributed by atoms with Crippen LogP contribution in [0, 0.1) is 16.0 Å². The maximum Gasteiger partial charge on any atom is 0.269 e. The summed E-state index contributed by atoms with van der Waals surface area (Å²) in [4.78, 5) is 53.9. The van der Waals surface area contributed by atoms with E-state index in [-0.39, 0.29) is 36.6 Å². The third-order valence-corrected chi connectivity index (χ3v) is 13.3. The van der Waals surface area contributed by atoms with Gasteiger partial charge in [0.1, 0.15) is 0 Å². The van der Waals surface area contributed by atoms with Crippen molar-refractivity contribution in [2.24, 2.45) is 5.92 Å². The molecule has 0 radical (unpaired) electrons. The Labute approximate surface area is 296 Å². The Balaban J connectivity index is 1.20. The van der Waals surface area contributed by atoms with Crippen LogP contribution in [0.15, 0.2) is 79.0 Å². The summed E-state index contributed by atoms with van der Waals surface area (Å²) in [6.07, 6.45) is 2.92. The normalized spacial score (nSPS) is 23.7. The van der Waals surface area contributed by atoms with Crippen molar-refractivity contribution in [2.75, 3.05) is 23.0 Å². The minimum absolute atomic E-state index is 0.0635. The molecule has 1 spiro atoms. The van der Waals surface area contributed by atoms with Crippen molar-refractivity contribution in [3.63, 3.8) is 0 Å². The van der Waals surface area contributed by atoms with Gasteiger partial charge in [-0.2, -0.15) is 0 Å². The number of benzene rings is 3. The van der Waals surface area contributed by atoms with E-state index < -0.39 is 36.4 Å². The summed E-state index contributed by atoms with van der Waals surface area (Å²) in [6.45, 7) is 6.61. The number of non-ortho nitro benzene ring substituents is 1. The number of carbonyl (C=O) groups is 2. The lowest BCUT2D eigenvalue weighted by Crippen LogP contribution is -2.46. The molecule has 4 heterocycles. The predicted octanol–water partition coefficient (Wildman–Crippen LogP) is 4.87. The van der Waals surface area contributed by atoms with Gasteiger partial charge in [-0.25, -0.2) is 0 Å². The molecule has 266 valence electrons. The largest absolute Gasteiger partial charge is 0.432 e. The molecule has 7 rings (SSSR count). The van der Waals surface area contributed by atoms with E-state index in [0.29, 0.717) is 42.9 Å². The van der Waals surface area contributed by atoms with Crippen LogP contribution in [0.4, 0.5) is 17.1 Å². The number of aryl methyl sites for hydroxylation is 1. The van der Waals surface area contributed by atoms with Crippen LogP contribution >= 0.6 is 0 Å². The van der Waals surface area contributed by atoms with Crippen molar-refractivity contribution in [1.82, 2.24) is 15.0 Å². The number of rotatable bonds is 11. The monoisotopic (exact) mass is 710 g/mol.